The number of carbonyl (C=O) groups excluding carboxylic acids is 1. The van der Waals surface area contributed by atoms with Crippen molar-refractivity contribution in [2.75, 3.05) is 0 Å². The van der Waals surface area contributed by atoms with Crippen molar-refractivity contribution < 1.29 is 14.7 Å². The number of aromatic nitrogens is 1. The molecule has 1 amide bonds. The quantitative estimate of drug-likeness (QED) is 0.627. The maximum absolute atomic E-state index is 12.6. The number of carboxylic acids is 1. The number of carbonyl (C=O) groups is 2. The van der Waals surface area contributed by atoms with Crippen molar-refractivity contribution in [3.63, 3.8) is 0 Å². The highest BCUT2D eigenvalue weighted by atomic mass is 35.5. The number of benzene rings is 2. The van der Waals surface area contributed by atoms with Gasteiger partial charge in [0.1, 0.15) is 10.7 Å². The van der Waals surface area contributed by atoms with Crippen LogP contribution in [0.3, 0.4) is 0 Å². The van der Waals surface area contributed by atoms with E-state index in [1.165, 1.54) is 11.3 Å². The van der Waals surface area contributed by atoms with Gasteiger partial charge in [-0.1, -0.05) is 54.1 Å². The molecular formula is C20H17ClN2O3S. The number of amides is 1. The summed E-state index contributed by atoms with van der Waals surface area (Å²) < 4.78 is 0. The SMILES string of the molecule is Cc1ccccc1-c1nc(C(=O)N[C@@H](CC(=O)O)c2ccccc2Cl)cs1. The fraction of sp³-hybridized carbons (Fsp3) is 0.150. The maximum Gasteiger partial charge on any atom is 0.305 e. The lowest BCUT2D eigenvalue weighted by atomic mass is 10.0. The molecule has 1 heterocycles. The summed E-state index contributed by atoms with van der Waals surface area (Å²) in [5.74, 6) is -1.46. The van der Waals surface area contributed by atoms with Crippen LogP contribution in [-0.2, 0) is 4.79 Å². The average molecular weight is 401 g/mol. The number of carboxylic acid groups (broad SMARTS) is 1. The molecule has 0 unspecified atom stereocenters. The average Bonchev–Trinajstić information content (AvgIpc) is 3.11. The van der Waals surface area contributed by atoms with Gasteiger partial charge in [0.2, 0.25) is 0 Å². The van der Waals surface area contributed by atoms with E-state index in [0.29, 0.717) is 10.6 Å². The minimum atomic E-state index is -1.03. The van der Waals surface area contributed by atoms with Crippen LogP contribution in [0.2, 0.25) is 5.02 Å². The van der Waals surface area contributed by atoms with E-state index >= 15 is 0 Å². The van der Waals surface area contributed by atoms with Crippen molar-refractivity contribution >= 4 is 34.8 Å². The van der Waals surface area contributed by atoms with Gasteiger partial charge in [-0.25, -0.2) is 4.98 Å². The van der Waals surface area contributed by atoms with Gasteiger partial charge in [-0.05, 0) is 24.1 Å². The number of aliphatic carboxylic acids is 1. The zero-order chi connectivity index (χ0) is 19.4. The van der Waals surface area contributed by atoms with Crippen molar-refractivity contribution in [2.45, 2.75) is 19.4 Å². The van der Waals surface area contributed by atoms with E-state index in [9.17, 15) is 14.7 Å². The van der Waals surface area contributed by atoms with Gasteiger partial charge in [0, 0.05) is 16.0 Å². The molecule has 5 nitrogen and oxygen atoms in total. The maximum atomic E-state index is 12.6. The van der Waals surface area contributed by atoms with Gasteiger partial charge < -0.3 is 10.4 Å². The standard InChI is InChI=1S/C20H17ClN2O3S/c1-12-6-2-3-7-13(12)20-23-17(11-27-20)19(26)22-16(10-18(24)25)14-8-4-5-9-15(14)21/h2-9,11,16H,10H2,1H3,(H,22,26)(H,24,25)/t16-/m0/s1. The van der Waals surface area contributed by atoms with Gasteiger partial charge in [-0.3, -0.25) is 9.59 Å². The first-order valence-electron chi connectivity index (χ1n) is 8.24. The number of thiazole rings is 1. The molecule has 1 aromatic heterocycles. The summed E-state index contributed by atoms with van der Waals surface area (Å²) in [6.07, 6.45) is -0.274. The molecule has 2 aromatic carbocycles. The highest BCUT2D eigenvalue weighted by Gasteiger charge is 2.22. The van der Waals surface area contributed by atoms with E-state index in [2.05, 4.69) is 10.3 Å². The molecule has 1 atom stereocenters. The Bertz CT molecular complexity index is 987. The number of aryl methyl sites for hydroxylation is 1. The molecule has 0 aliphatic rings. The van der Waals surface area contributed by atoms with Crippen molar-refractivity contribution in [3.05, 3.63) is 75.8 Å². The van der Waals surface area contributed by atoms with Crippen molar-refractivity contribution in [1.82, 2.24) is 10.3 Å². The number of nitrogens with zero attached hydrogens (tertiary/aromatic N) is 1. The number of hydrogen-bond acceptors (Lipinski definition) is 4. The van der Waals surface area contributed by atoms with E-state index in [1.54, 1.807) is 29.6 Å². The van der Waals surface area contributed by atoms with Gasteiger partial charge >= 0.3 is 5.97 Å². The Balaban J connectivity index is 1.83. The molecule has 27 heavy (non-hydrogen) atoms. The minimum absolute atomic E-state index is 0.251. The van der Waals surface area contributed by atoms with Gasteiger partial charge in [0.05, 0.1) is 12.5 Å². The zero-order valence-corrected chi connectivity index (χ0v) is 16.1. The molecule has 3 aromatic rings. The predicted octanol–water partition coefficient (Wildman–Crippen LogP) is 4.72. The molecule has 0 spiro atoms. The molecule has 0 saturated carbocycles. The normalized spacial score (nSPS) is 11.8. The first-order valence-corrected chi connectivity index (χ1v) is 9.50. The molecule has 7 heteroatoms. The molecule has 0 radical (unpaired) electrons. The summed E-state index contributed by atoms with van der Waals surface area (Å²) in [6.45, 7) is 1.98. The Labute approximate surface area is 165 Å². The molecule has 138 valence electrons. The zero-order valence-electron chi connectivity index (χ0n) is 14.5. The third-order valence-electron chi connectivity index (χ3n) is 4.08. The van der Waals surface area contributed by atoms with Crippen molar-refractivity contribution in [2.24, 2.45) is 0 Å². The second-order valence-corrected chi connectivity index (χ2v) is 7.26. The fourth-order valence-electron chi connectivity index (χ4n) is 2.72. The number of hydrogen-bond donors (Lipinski definition) is 2. The minimum Gasteiger partial charge on any atom is -0.481 e. The number of nitrogens with one attached hydrogen (secondary N) is 1. The summed E-state index contributed by atoms with van der Waals surface area (Å²) in [5, 5.41) is 14.8. The van der Waals surface area contributed by atoms with Crippen molar-refractivity contribution in [3.8, 4) is 10.6 Å². The molecule has 0 aliphatic heterocycles. The third-order valence-corrected chi connectivity index (χ3v) is 5.30. The number of rotatable bonds is 6. The Morgan fingerprint density at radius 3 is 2.59 bits per heavy atom. The Morgan fingerprint density at radius 2 is 1.89 bits per heavy atom. The Kier molecular flexibility index (Phi) is 5.88. The van der Waals surface area contributed by atoms with Crippen LogP contribution in [0, 0.1) is 6.92 Å². The molecule has 2 N–H and O–H groups in total. The molecule has 0 fully saturated rings. The van der Waals surface area contributed by atoms with E-state index in [4.69, 9.17) is 11.6 Å². The van der Waals surface area contributed by atoms with Gasteiger partial charge in [-0.2, -0.15) is 0 Å². The van der Waals surface area contributed by atoms with Crippen molar-refractivity contribution in [1.29, 1.82) is 0 Å². The molecule has 0 aliphatic carbocycles. The largest absolute Gasteiger partial charge is 0.481 e. The number of halogens is 1. The van der Waals surface area contributed by atoms with Crippen LogP contribution in [0.25, 0.3) is 10.6 Å². The van der Waals surface area contributed by atoms with E-state index in [-0.39, 0.29) is 12.1 Å². The summed E-state index contributed by atoms with van der Waals surface area (Å²) in [7, 11) is 0. The lowest BCUT2D eigenvalue weighted by Gasteiger charge is -2.18. The first-order chi connectivity index (χ1) is 13.0. The highest BCUT2D eigenvalue weighted by molar-refractivity contribution is 7.13. The van der Waals surface area contributed by atoms with Crippen LogP contribution in [0.15, 0.2) is 53.9 Å². The second-order valence-electron chi connectivity index (χ2n) is 6.00. The molecule has 3 rings (SSSR count). The lowest BCUT2D eigenvalue weighted by molar-refractivity contribution is -0.137. The Morgan fingerprint density at radius 1 is 1.19 bits per heavy atom. The van der Waals surface area contributed by atoms with Crippen LogP contribution in [0.1, 0.15) is 34.1 Å². The molecule has 0 saturated heterocycles. The van der Waals surface area contributed by atoms with Crippen LogP contribution in [-0.4, -0.2) is 22.0 Å². The second kappa shape index (κ2) is 8.33. The smallest absolute Gasteiger partial charge is 0.305 e. The van der Waals surface area contributed by atoms with E-state index in [0.717, 1.165) is 16.1 Å². The van der Waals surface area contributed by atoms with E-state index < -0.39 is 17.9 Å². The highest BCUT2D eigenvalue weighted by Crippen LogP contribution is 2.28. The van der Waals surface area contributed by atoms with Crippen LogP contribution in [0.4, 0.5) is 0 Å². The predicted molar refractivity (Wildman–Crippen MR) is 106 cm³/mol. The molecule has 0 bridgehead atoms. The van der Waals surface area contributed by atoms with Gasteiger partial charge in [0.15, 0.2) is 0 Å². The first kappa shape index (κ1) is 19.1. The molecular weight excluding hydrogens is 384 g/mol. The monoisotopic (exact) mass is 400 g/mol. The summed E-state index contributed by atoms with van der Waals surface area (Å²) >= 11 is 7.55. The van der Waals surface area contributed by atoms with Crippen LogP contribution >= 0.6 is 22.9 Å². The summed E-state index contributed by atoms with van der Waals surface area (Å²) in [5.41, 5.74) is 2.85. The summed E-state index contributed by atoms with van der Waals surface area (Å²) in [4.78, 5) is 28.3. The Hall–Kier alpha value is -2.70. The fourth-order valence-corrected chi connectivity index (χ4v) is 3.88. The van der Waals surface area contributed by atoms with Crippen LogP contribution < -0.4 is 5.32 Å². The summed E-state index contributed by atoms with van der Waals surface area (Å²) in [6, 6.07) is 13.9. The lowest BCUT2D eigenvalue weighted by Crippen LogP contribution is -2.30. The van der Waals surface area contributed by atoms with Crippen LogP contribution in [0.5, 0.6) is 0 Å². The van der Waals surface area contributed by atoms with E-state index in [1.807, 2.05) is 31.2 Å². The van der Waals surface area contributed by atoms with Gasteiger partial charge in [-0.15, -0.1) is 11.3 Å². The third kappa shape index (κ3) is 4.53. The topological polar surface area (TPSA) is 79.3 Å². The van der Waals surface area contributed by atoms with Gasteiger partial charge in [0.25, 0.3) is 5.91 Å².